The summed E-state index contributed by atoms with van der Waals surface area (Å²) >= 11 is 1.81. The van der Waals surface area contributed by atoms with Gasteiger partial charge in [0.05, 0.1) is 0 Å². The van der Waals surface area contributed by atoms with Gasteiger partial charge in [-0.1, -0.05) is 12.5 Å². The molecule has 0 amide bonds. The number of rotatable bonds is 7. The van der Waals surface area contributed by atoms with Crippen LogP contribution in [0, 0.1) is 0 Å². The Morgan fingerprint density at radius 3 is 2.92 bits per heavy atom. The van der Waals surface area contributed by atoms with Gasteiger partial charge in [0.1, 0.15) is 0 Å². The Bertz CT molecular complexity index is 197. The highest BCUT2D eigenvalue weighted by molar-refractivity contribution is 7.09. The van der Waals surface area contributed by atoms with E-state index in [1.165, 1.54) is 17.7 Å². The zero-order chi connectivity index (χ0) is 9.36. The molecular formula is C10H18N2S. The molecule has 0 aliphatic heterocycles. The Balaban J connectivity index is 1.90. The van der Waals surface area contributed by atoms with Crippen molar-refractivity contribution in [2.24, 2.45) is 5.73 Å². The smallest absolute Gasteiger partial charge is 0.0299 e. The van der Waals surface area contributed by atoms with Gasteiger partial charge < -0.3 is 11.1 Å². The van der Waals surface area contributed by atoms with Gasteiger partial charge in [-0.05, 0) is 37.4 Å². The highest BCUT2D eigenvalue weighted by Gasteiger charge is 1.92. The van der Waals surface area contributed by atoms with Gasteiger partial charge in [-0.15, -0.1) is 11.3 Å². The van der Waals surface area contributed by atoms with Crippen LogP contribution in [-0.4, -0.2) is 13.1 Å². The molecule has 0 bridgehead atoms. The molecule has 13 heavy (non-hydrogen) atoms. The van der Waals surface area contributed by atoms with Crippen molar-refractivity contribution in [3.05, 3.63) is 22.4 Å². The van der Waals surface area contributed by atoms with Crippen molar-refractivity contribution in [3.8, 4) is 0 Å². The monoisotopic (exact) mass is 198 g/mol. The molecule has 1 aromatic heterocycles. The summed E-state index contributed by atoms with van der Waals surface area (Å²) in [7, 11) is 0. The van der Waals surface area contributed by atoms with Crippen molar-refractivity contribution in [2.75, 3.05) is 13.1 Å². The van der Waals surface area contributed by atoms with Crippen LogP contribution in [0.25, 0.3) is 0 Å². The third kappa shape index (κ3) is 5.03. The van der Waals surface area contributed by atoms with Gasteiger partial charge in [-0.25, -0.2) is 0 Å². The predicted octanol–water partition coefficient (Wildman–Crippen LogP) is 1.97. The summed E-state index contributed by atoms with van der Waals surface area (Å²) in [4.78, 5) is 1.42. The lowest BCUT2D eigenvalue weighted by Gasteiger charge is -2.01. The fraction of sp³-hybridized carbons (Fsp3) is 0.600. The number of hydrogen-bond donors (Lipinski definition) is 2. The number of nitrogens with two attached hydrogens (primary N) is 1. The van der Waals surface area contributed by atoms with Crippen LogP contribution < -0.4 is 11.1 Å². The van der Waals surface area contributed by atoms with E-state index in [-0.39, 0.29) is 0 Å². The maximum atomic E-state index is 5.40. The first-order chi connectivity index (χ1) is 6.43. The lowest BCUT2D eigenvalue weighted by Crippen LogP contribution is -2.14. The van der Waals surface area contributed by atoms with Gasteiger partial charge in [0, 0.05) is 11.4 Å². The SMILES string of the molecule is NCCCCCNCc1cccs1. The Morgan fingerprint density at radius 1 is 1.31 bits per heavy atom. The second kappa shape index (κ2) is 7.06. The molecule has 74 valence electrons. The zero-order valence-electron chi connectivity index (χ0n) is 7.96. The summed E-state index contributed by atoms with van der Waals surface area (Å²) in [6, 6.07) is 4.26. The van der Waals surface area contributed by atoms with E-state index < -0.39 is 0 Å². The average molecular weight is 198 g/mol. The van der Waals surface area contributed by atoms with Crippen molar-refractivity contribution in [1.82, 2.24) is 5.32 Å². The van der Waals surface area contributed by atoms with Crippen molar-refractivity contribution >= 4 is 11.3 Å². The Hall–Kier alpha value is -0.380. The highest BCUT2D eigenvalue weighted by atomic mass is 32.1. The molecule has 3 heteroatoms. The van der Waals surface area contributed by atoms with E-state index in [1.54, 1.807) is 0 Å². The standard InChI is InChI=1S/C10H18N2S/c11-6-2-1-3-7-12-9-10-5-4-8-13-10/h4-5,8,12H,1-3,6-7,9,11H2. The molecule has 1 rings (SSSR count). The minimum absolute atomic E-state index is 0.824. The first-order valence-corrected chi connectivity index (χ1v) is 5.74. The minimum atomic E-state index is 0.824. The first-order valence-electron chi connectivity index (χ1n) is 4.86. The summed E-state index contributed by atoms with van der Waals surface area (Å²) in [6.45, 7) is 2.95. The molecule has 2 nitrogen and oxygen atoms in total. The minimum Gasteiger partial charge on any atom is -0.330 e. The normalized spacial score (nSPS) is 10.5. The van der Waals surface area contributed by atoms with E-state index in [1.807, 2.05) is 11.3 Å². The molecule has 0 aliphatic rings. The van der Waals surface area contributed by atoms with Gasteiger partial charge in [-0.2, -0.15) is 0 Å². The Kier molecular flexibility index (Phi) is 5.81. The van der Waals surface area contributed by atoms with E-state index in [4.69, 9.17) is 5.73 Å². The molecule has 0 saturated carbocycles. The summed E-state index contributed by atoms with van der Waals surface area (Å²) in [5, 5.41) is 5.53. The molecule has 0 spiro atoms. The molecule has 0 unspecified atom stereocenters. The van der Waals surface area contributed by atoms with Crippen molar-refractivity contribution in [1.29, 1.82) is 0 Å². The molecule has 0 fully saturated rings. The molecule has 3 N–H and O–H groups in total. The number of nitrogens with one attached hydrogen (secondary N) is 1. The molecule has 1 aromatic rings. The average Bonchev–Trinajstić information content (AvgIpc) is 2.63. The zero-order valence-corrected chi connectivity index (χ0v) is 8.78. The fourth-order valence-corrected chi connectivity index (χ4v) is 1.87. The van der Waals surface area contributed by atoms with Crippen LogP contribution in [0.2, 0.25) is 0 Å². The second-order valence-corrected chi connectivity index (χ2v) is 4.14. The fourth-order valence-electron chi connectivity index (χ4n) is 1.20. The van der Waals surface area contributed by atoms with E-state index in [0.29, 0.717) is 0 Å². The van der Waals surface area contributed by atoms with Crippen molar-refractivity contribution in [3.63, 3.8) is 0 Å². The molecule has 0 radical (unpaired) electrons. The van der Waals surface area contributed by atoms with Crippen LogP contribution in [0.5, 0.6) is 0 Å². The van der Waals surface area contributed by atoms with Crippen LogP contribution in [0.15, 0.2) is 17.5 Å². The van der Waals surface area contributed by atoms with Gasteiger partial charge in [0.15, 0.2) is 0 Å². The Labute approximate surface area is 84.2 Å². The molecule has 0 aliphatic carbocycles. The quantitative estimate of drug-likeness (QED) is 0.657. The van der Waals surface area contributed by atoms with Gasteiger partial charge in [-0.3, -0.25) is 0 Å². The van der Waals surface area contributed by atoms with Crippen molar-refractivity contribution < 1.29 is 0 Å². The van der Waals surface area contributed by atoms with Crippen LogP contribution in [0.4, 0.5) is 0 Å². The topological polar surface area (TPSA) is 38.0 Å². The summed E-state index contributed by atoms with van der Waals surface area (Å²) in [5.74, 6) is 0. The van der Waals surface area contributed by atoms with Crippen LogP contribution in [0.1, 0.15) is 24.1 Å². The number of unbranched alkanes of at least 4 members (excludes halogenated alkanes) is 2. The second-order valence-electron chi connectivity index (χ2n) is 3.11. The number of hydrogen-bond acceptors (Lipinski definition) is 3. The van der Waals surface area contributed by atoms with E-state index in [2.05, 4.69) is 22.8 Å². The molecule has 0 atom stereocenters. The van der Waals surface area contributed by atoms with Crippen LogP contribution >= 0.6 is 11.3 Å². The highest BCUT2D eigenvalue weighted by Crippen LogP contribution is 2.07. The lowest BCUT2D eigenvalue weighted by atomic mass is 10.2. The van der Waals surface area contributed by atoms with Crippen molar-refractivity contribution in [2.45, 2.75) is 25.8 Å². The van der Waals surface area contributed by atoms with Gasteiger partial charge in [0.25, 0.3) is 0 Å². The third-order valence-corrected chi connectivity index (χ3v) is 2.81. The third-order valence-electron chi connectivity index (χ3n) is 1.94. The number of thiophene rings is 1. The molecule has 0 aromatic carbocycles. The summed E-state index contributed by atoms with van der Waals surface area (Å²) in [6.07, 6.45) is 3.64. The van der Waals surface area contributed by atoms with E-state index in [0.717, 1.165) is 26.1 Å². The van der Waals surface area contributed by atoms with E-state index >= 15 is 0 Å². The predicted molar refractivity (Wildman–Crippen MR) is 58.9 cm³/mol. The molecule has 0 saturated heterocycles. The van der Waals surface area contributed by atoms with Gasteiger partial charge >= 0.3 is 0 Å². The lowest BCUT2D eigenvalue weighted by molar-refractivity contribution is 0.609. The molecule has 1 heterocycles. The maximum absolute atomic E-state index is 5.40. The summed E-state index contributed by atoms with van der Waals surface area (Å²) in [5.41, 5.74) is 5.40. The van der Waals surface area contributed by atoms with Crippen LogP contribution in [0.3, 0.4) is 0 Å². The van der Waals surface area contributed by atoms with Crippen LogP contribution in [-0.2, 0) is 6.54 Å². The Morgan fingerprint density at radius 2 is 2.23 bits per heavy atom. The van der Waals surface area contributed by atoms with Gasteiger partial charge in [0.2, 0.25) is 0 Å². The molecular weight excluding hydrogens is 180 g/mol. The summed E-state index contributed by atoms with van der Waals surface area (Å²) < 4.78 is 0. The first kappa shape index (κ1) is 10.7. The maximum Gasteiger partial charge on any atom is 0.0299 e. The van der Waals surface area contributed by atoms with E-state index in [9.17, 15) is 0 Å². The largest absolute Gasteiger partial charge is 0.330 e.